The van der Waals surface area contributed by atoms with Crippen LogP contribution in [0.2, 0.25) is 0 Å². The van der Waals surface area contributed by atoms with Gasteiger partial charge in [0.2, 0.25) is 0 Å². The van der Waals surface area contributed by atoms with Gasteiger partial charge in [-0.15, -0.1) is 11.3 Å². The molecule has 1 N–H and O–H groups in total. The first kappa shape index (κ1) is 16.6. The molecule has 0 saturated heterocycles. The van der Waals surface area contributed by atoms with Crippen LogP contribution >= 0.6 is 11.3 Å². The molecule has 0 radical (unpaired) electrons. The molecule has 0 amide bonds. The van der Waals surface area contributed by atoms with Gasteiger partial charge in [0, 0.05) is 10.8 Å². The fourth-order valence-corrected chi connectivity index (χ4v) is 3.49. The molecule has 6 heteroatoms. The van der Waals surface area contributed by atoms with Gasteiger partial charge in [0.15, 0.2) is 5.69 Å². The average molecular weight is 343 g/mol. The molecule has 0 aliphatic heterocycles. The van der Waals surface area contributed by atoms with Crippen molar-refractivity contribution in [3.63, 3.8) is 0 Å². The Morgan fingerprint density at radius 3 is 2.46 bits per heavy atom. The molecule has 126 valence electrons. The molecule has 0 aliphatic carbocycles. The van der Waals surface area contributed by atoms with E-state index in [1.807, 2.05) is 0 Å². The second-order valence-corrected chi connectivity index (χ2v) is 8.07. The van der Waals surface area contributed by atoms with E-state index >= 15 is 0 Å². The second-order valence-electron chi connectivity index (χ2n) is 7.13. The molecule has 0 spiro atoms. The van der Waals surface area contributed by atoms with Crippen LogP contribution in [0.15, 0.2) is 17.5 Å². The molecule has 0 atom stereocenters. The third-order valence-electron chi connectivity index (χ3n) is 4.10. The number of carbonyl (C=O) groups is 1. The number of rotatable bonds is 3. The molecule has 0 unspecified atom stereocenters. The van der Waals surface area contributed by atoms with Crippen molar-refractivity contribution in [2.75, 3.05) is 0 Å². The zero-order chi connectivity index (χ0) is 17.6. The van der Waals surface area contributed by atoms with E-state index < -0.39 is 5.97 Å². The number of aromatic carboxylic acids is 1. The highest BCUT2D eigenvalue weighted by molar-refractivity contribution is 7.09. The largest absolute Gasteiger partial charge is 0.476 e. The van der Waals surface area contributed by atoms with Crippen molar-refractivity contribution >= 4 is 28.3 Å². The molecule has 2 aromatic heterocycles. The van der Waals surface area contributed by atoms with E-state index in [1.165, 1.54) is 22.5 Å². The van der Waals surface area contributed by atoms with Gasteiger partial charge in [-0.3, -0.25) is 0 Å². The first-order valence-corrected chi connectivity index (χ1v) is 8.70. The number of thiazole rings is 1. The molecular weight excluding hydrogens is 322 g/mol. The summed E-state index contributed by atoms with van der Waals surface area (Å²) >= 11 is 1.37. The number of nitrogens with zero attached hydrogens (tertiary/aromatic N) is 3. The fraction of sp³-hybridized carbons (Fsp3) is 0.389. The molecule has 2 heterocycles. The summed E-state index contributed by atoms with van der Waals surface area (Å²) in [5.41, 5.74) is 4.45. The molecule has 0 aliphatic rings. The first-order valence-electron chi connectivity index (χ1n) is 7.82. The van der Waals surface area contributed by atoms with E-state index in [2.05, 4.69) is 56.3 Å². The average Bonchev–Trinajstić information content (AvgIpc) is 3.06. The van der Waals surface area contributed by atoms with Crippen LogP contribution < -0.4 is 0 Å². The zero-order valence-electron chi connectivity index (χ0n) is 14.5. The van der Waals surface area contributed by atoms with Crippen LogP contribution in [0.4, 0.5) is 0 Å². The molecular formula is C18H21N3O2S. The van der Waals surface area contributed by atoms with Gasteiger partial charge < -0.3 is 9.67 Å². The van der Waals surface area contributed by atoms with Crippen molar-refractivity contribution in [2.24, 2.45) is 0 Å². The first-order chi connectivity index (χ1) is 11.2. The summed E-state index contributed by atoms with van der Waals surface area (Å²) in [4.78, 5) is 20.1. The number of aryl methyl sites for hydroxylation is 2. The number of carboxylic acid groups (broad SMARTS) is 1. The van der Waals surface area contributed by atoms with Crippen LogP contribution in [0, 0.1) is 13.8 Å². The van der Waals surface area contributed by atoms with Crippen molar-refractivity contribution in [3.05, 3.63) is 45.2 Å². The van der Waals surface area contributed by atoms with Gasteiger partial charge in [-0.2, -0.15) is 0 Å². The maximum atomic E-state index is 11.1. The number of hydrogen-bond acceptors (Lipinski definition) is 4. The Kier molecular flexibility index (Phi) is 3.95. The van der Waals surface area contributed by atoms with Crippen LogP contribution in [0.3, 0.4) is 0 Å². The Morgan fingerprint density at radius 2 is 1.88 bits per heavy atom. The fourth-order valence-electron chi connectivity index (χ4n) is 2.73. The highest BCUT2D eigenvalue weighted by Crippen LogP contribution is 2.29. The standard InChI is InChI=1S/C18H21N3O2S/c1-10-6-12-14(7-11(10)2)21(17(20-12)18(3,4)5)8-15-19-13(9-24-15)16(22)23/h6-7,9H,8H2,1-5H3,(H,22,23). The topological polar surface area (TPSA) is 68.0 Å². The van der Waals surface area contributed by atoms with Gasteiger partial charge >= 0.3 is 5.97 Å². The van der Waals surface area contributed by atoms with Gasteiger partial charge in [0.1, 0.15) is 10.8 Å². The number of benzene rings is 1. The van der Waals surface area contributed by atoms with E-state index in [-0.39, 0.29) is 11.1 Å². The predicted octanol–water partition coefficient (Wildman–Crippen LogP) is 4.15. The van der Waals surface area contributed by atoms with Crippen LogP contribution in [0.1, 0.15) is 53.2 Å². The molecule has 0 bridgehead atoms. The Morgan fingerprint density at radius 1 is 1.21 bits per heavy atom. The summed E-state index contributed by atoms with van der Waals surface area (Å²) in [5.74, 6) is -0.00919. The van der Waals surface area contributed by atoms with Gasteiger partial charge in [0.25, 0.3) is 0 Å². The molecule has 1 aromatic carbocycles. The lowest BCUT2D eigenvalue weighted by Crippen LogP contribution is -2.19. The molecule has 3 aromatic rings. The minimum Gasteiger partial charge on any atom is -0.476 e. The Hall–Kier alpha value is -2.21. The minimum absolute atomic E-state index is 0.101. The van der Waals surface area contributed by atoms with Crippen LogP contribution in [0.25, 0.3) is 11.0 Å². The smallest absolute Gasteiger partial charge is 0.355 e. The summed E-state index contributed by atoms with van der Waals surface area (Å²) in [6, 6.07) is 4.26. The SMILES string of the molecule is Cc1cc2nc(C(C)(C)C)n(Cc3nc(C(=O)O)cs3)c2cc1C. The van der Waals surface area contributed by atoms with Gasteiger partial charge in [0.05, 0.1) is 17.6 Å². The van der Waals surface area contributed by atoms with E-state index in [0.717, 1.165) is 21.9 Å². The summed E-state index contributed by atoms with van der Waals surface area (Å²) in [6.07, 6.45) is 0. The third-order valence-corrected chi connectivity index (χ3v) is 4.93. The molecule has 3 rings (SSSR count). The van der Waals surface area contributed by atoms with Crippen molar-refractivity contribution in [2.45, 2.75) is 46.6 Å². The highest BCUT2D eigenvalue weighted by Gasteiger charge is 2.24. The maximum Gasteiger partial charge on any atom is 0.355 e. The molecule has 0 saturated carbocycles. The minimum atomic E-state index is -0.990. The second kappa shape index (κ2) is 5.70. The lowest BCUT2D eigenvalue weighted by atomic mass is 9.95. The number of imidazole rings is 1. The van der Waals surface area contributed by atoms with Crippen molar-refractivity contribution in [1.29, 1.82) is 0 Å². The van der Waals surface area contributed by atoms with Gasteiger partial charge in [-0.05, 0) is 37.1 Å². The summed E-state index contributed by atoms with van der Waals surface area (Å²) in [5, 5.41) is 11.4. The number of fused-ring (bicyclic) bond motifs is 1. The molecule has 0 fully saturated rings. The van der Waals surface area contributed by atoms with E-state index in [4.69, 9.17) is 10.1 Å². The van der Waals surface area contributed by atoms with Crippen LogP contribution in [-0.4, -0.2) is 25.6 Å². The van der Waals surface area contributed by atoms with Crippen LogP contribution in [0.5, 0.6) is 0 Å². The van der Waals surface area contributed by atoms with E-state index in [1.54, 1.807) is 5.38 Å². The quantitative estimate of drug-likeness (QED) is 0.775. The van der Waals surface area contributed by atoms with Crippen LogP contribution in [-0.2, 0) is 12.0 Å². The maximum absolute atomic E-state index is 11.1. The normalized spacial score (nSPS) is 12.0. The van der Waals surface area contributed by atoms with Gasteiger partial charge in [-0.1, -0.05) is 20.8 Å². The van der Waals surface area contributed by atoms with Crippen molar-refractivity contribution in [3.8, 4) is 0 Å². The molecule has 5 nitrogen and oxygen atoms in total. The number of carboxylic acids is 1. The van der Waals surface area contributed by atoms with Crippen molar-refractivity contribution in [1.82, 2.24) is 14.5 Å². The number of hydrogen-bond donors (Lipinski definition) is 1. The highest BCUT2D eigenvalue weighted by atomic mass is 32.1. The Labute approximate surface area is 145 Å². The number of aromatic nitrogens is 3. The zero-order valence-corrected chi connectivity index (χ0v) is 15.4. The summed E-state index contributed by atoms with van der Waals surface area (Å²) in [6.45, 7) is 11.1. The monoisotopic (exact) mass is 343 g/mol. The lowest BCUT2D eigenvalue weighted by molar-refractivity contribution is 0.0691. The predicted molar refractivity (Wildman–Crippen MR) is 96.1 cm³/mol. The van der Waals surface area contributed by atoms with E-state index in [0.29, 0.717) is 6.54 Å². The third kappa shape index (κ3) is 2.94. The molecule has 24 heavy (non-hydrogen) atoms. The Bertz CT molecular complexity index is 932. The Balaban J connectivity index is 2.16. The van der Waals surface area contributed by atoms with Crippen molar-refractivity contribution < 1.29 is 9.90 Å². The summed E-state index contributed by atoms with van der Waals surface area (Å²) in [7, 11) is 0. The van der Waals surface area contributed by atoms with Gasteiger partial charge in [-0.25, -0.2) is 14.8 Å². The van der Waals surface area contributed by atoms with E-state index in [9.17, 15) is 4.79 Å². The summed E-state index contributed by atoms with van der Waals surface area (Å²) < 4.78 is 2.16. The lowest BCUT2D eigenvalue weighted by Gasteiger charge is -2.19.